The number of hydrogen-bond acceptors (Lipinski definition) is 6. The zero-order chi connectivity index (χ0) is 18.7. The Morgan fingerprint density at radius 2 is 2.23 bits per heavy atom. The first-order chi connectivity index (χ1) is 12.6. The van der Waals surface area contributed by atoms with Gasteiger partial charge in [0.25, 0.3) is 0 Å². The van der Waals surface area contributed by atoms with Crippen LogP contribution in [0, 0.1) is 11.3 Å². The van der Waals surface area contributed by atoms with E-state index in [1.807, 2.05) is 28.8 Å². The number of imidazole rings is 1. The summed E-state index contributed by atoms with van der Waals surface area (Å²) in [5, 5.41) is 9.67. The summed E-state index contributed by atoms with van der Waals surface area (Å²) >= 11 is 0. The number of hydrogen-bond donors (Lipinski definition) is 1. The first-order valence-electron chi connectivity index (χ1n) is 8.11. The van der Waals surface area contributed by atoms with E-state index in [2.05, 4.69) is 11.1 Å². The van der Waals surface area contributed by atoms with E-state index in [-0.39, 0.29) is 23.6 Å². The number of rotatable bonds is 4. The number of nitrogens with zero attached hydrogens (tertiary/aromatic N) is 3. The minimum atomic E-state index is -0.689. The molecule has 2 heterocycles. The van der Waals surface area contributed by atoms with E-state index >= 15 is 0 Å². The molecule has 3 rings (SSSR count). The molecule has 0 radical (unpaired) electrons. The summed E-state index contributed by atoms with van der Waals surface area (Å²) in [5.41, 5.74) is 7.90. The zero-order valence-electron chi connectivity index (χ0n) is 14.5. The number of carbonyl (C=O) groups is 1. The number of carbonyl (C=O) groups excluding carboxylic acids is 1. The van der Waals surface area contributed by atoms with Crippen LogP contribution in [-0.4, -0.2) is 22.1 Å². The molecule has 0 bridgehead atoms. The van der Waals surface area contributed by atoms with Gasteiger partial charge in [-0.25, -0.2) is 9.78 Å². The molecule has 7 nitrogen and oxygen atoms in total. The van der Waals surface area contributed by atoms with Gasteiger partial charge in [-0.3, -0.25) is 0 Å². The molecule has 0 spiro atoms. The smallest absolute Gasteiger partial charge is 0.338 e. The van der Waals surface area contributed by atoms with Crippen molar-refractivity contribution in [2.24, 2.45) is 5.73 Å². The van der Waals surface area contributed by atoms with Gasteiger partial charge in [-0.1, -0.05) is 18.2 Å². The molecular weight excluding hydrogens is 332 g/mol. The summed E-state index contributed by atoms with van der Waals surface area (Å²) < 4.78 is 12.5. The van der Waals surface area contributed by atoms with Crippen LogP contribution < -0.4 is 5.73 Å². The molecule has 2 N–H and O–H groups in total. The van der Waals surface area contributed by atoms with Crippen LogP contribution in [0.4, 0.5) is 0 Å². The molecule has 1 aliphatic heterocycles. The van der Waals surface area contributed by atoms with Crippen molar-refractivity contribution in [2.75, 3.05) is 6.61 Å². The lowest BCUT2D eigenvalue weighted by Crippen LogP contribution is -2.26. The van der Waals surface area contributed by atoms with E-state index in [1.165, 1.54) is 0 Å². The molecule has 2 aromatic rings. The lowest BCUT2D eigenvalue weighted by molar-refractivity contribution is -0.139. The summed E-state index contributed by atoms with van der Waals surface area (Å²) in [6.07, 6.45) is 5.10. The summed E-state index contributed by atoms with van der Waals surface area (Å²) in [7, 11) is 0. The second kappa shape index (κ2) is 7.15. The number of para-hydroxylation sites is 1. The van der Waals surface area contributed by atoms with Gasteiger partial charge in [-0.05, 0) is 25.5 Å². The van der Waals surface area contributed by atoms with Gasteiger partial charge in [0.05, 0.1) is 30.1 Å². The van der Waals surface area contributed by atoms with E-state index in [1.54, 1.807) is 32.6 Å². The normalized spacial score (nSPS) is 16.9. The Labute approximate surface area is 151 Å². The molecule has 1 aliphatic rings. The molecule has 26 heavy (non-hydrogen) atoms. The quantitative estimate of drug-likeness (QED) is 0.850. The van der Waals surface area contributed by atoms with Crippen LogP contribution >= 0.6 is 0 Å². The van der Waals surface area contributed by atoms with Crippen molar-refractivity contribution in [3.05, 3.63) is 71.3 Å². The van der Waals surface area contributed by atoms with Crippen LogP contribution in [0.5, 0.6) is 0 Å². The predicted molar refractivity (Wildman–Crippen MR) is 93.5 cm³/mol. The molecule has 1 unspecified atom stereocenters. The number of nitrogens with two attached hydrogens (primary N) is 1. The van der Waals surface area contributed by atoms with E-state index in [0.29, 0.717) is 5.76 Å². The molecule has 132 valence electrons. The van der Waals surface area contributed by atoms with Crippen molar-refractivity contribution in [3.8, 4) is 11.8 Å². The monoisotopic (exact) mass is 350 g/mol. The minimum Gasteiger partial charge on any atom is -0.463 e. The Morgan fingerprint density at radius 1 is 1.46 bits per heavy atom. The minimum absolute atomic E-state index is 0.0107. The van der Waals surface area contributed by atoms with Crippen LogP contribution in [0.2, 0.25) is 0 Å². The Kier molecular flexibility index (Phi) is 4.76. The third-order valence-corrected chi connectivity index (χ3v) is 4.13. The second-order valence-corrected chi connectivity index (χ2v) is 5.64. The number of ether oxygens (including phenoxy) is 2. The van der Waals surface area contributed by atoms with Crippen molar-refractivity contribution >= 4 is 5.97 Å². The first-order valence-corrected chi connectivity index (χ1v) is 8.11. The zero-order valence-corrected chi connectivity index (χ0v) is 14.5. The summed E-state index contributed by atoms with van der Waals surface area (Å²) in [6.45, 7) is 3.58. The summed E-state index contributed by atoms with van der Waals surface area (Å²) in [6, 6.07) is 9.53. The molecule has 1 aromatic carbocycles. The van der Waals surface area contributed by atoms with Crippen molar-refractivity contribution in [1.29, 1.82) is 5.26 Å². The lowest BCUT2D eigenvalue weighted by atomic mass is 9.82. The van der Waals surface area contributed by atoms with Gasteiger partial charge in [-0.2, -0.15) is 5.26 Å². The third kappa shape index (κ3) is 2.93. The van der Waals surface area contributed by atoms with Crippen molar-refractivity contribution < 1.29 is 14.3 Å². The predicted octanol–water partition coefficient (Wildman–Crippen LogP) is 2.52. The average Bonchev–Trinajstić information content (AvgIpc) is 3.15. The lowest BCUT2D eigenvalue weighted by Gasteiger charge is -2.28. The van der Waals surface area contributed by atoms with E-state index in [9.17, 15) is 10.1 Å². The Bertz CT molecular complexity index is 936. The van der Waals surface area contributed by atoms with E-state index in [0.717, 1.165) is 11.3 Å². The highest BCUT2D eigenvalue weighted by Crippen LogP contribution is 2.41. The number of aromatic nitrogens is 2. The highest BCUT2D eigenvalue weighted by molar-refractivity contribution is 5.93. The Morgan fingerprint density at radius 3 is 2.88 bits per heavy atom. The molecule has 1 atom stereocenters. The second-order valence-electron chi connectivity index (χ2n) is 5.64. The van der Waals surface area contributed by atoms with Crippen molar-refractivity contribution in [2.45, 2.75) is 19.8 Å². The molecule has 0 amide bonds. The summed E-state index contributed by atoms with van der Waals surface area (Å²) in [5.74, 6) is -0.907. The van der Waals surface area contributed by atoms with Gasteiger partial charge in [-0.15, -0.1) is 0 Å². The van der Waals surface area contributed by atoms with Crippen LogP contribution in [0.25, 0.3) is 5.69 Å². The number of allylic oxidation sites excluding steroid dienone is 2. The first kappa shape index (κ1) is 17.3. The highest BCUT2D eigenvalue weighted by Gasteiger charge is 2.37. The molecule has 0 saturated carbocycles. The standard InChI is InChI=1S/C19H18N4O3/c1-3-25-19(24)16-12(2)26-18(21)14(10-20)17(16)13-6-4-5-7-15(13)23-9-8-22-11-23/h4-9,11,17H,3,21H2,1-2H3. The van der Waals surface area contributed by atoms with Crippen LogP contribution in [-0.2, 0) is 14.3 Å². The summed E-state index contributed by atoms with van der Waals surface area (Å²) in [4.78, 5) is 16.7. The van der Waals surface area contributed by atoms with Gasteiger partial charge in [0.15, 0.2) is 0 Å². The molecular formula is C19H18N4O3. The van der Waals surface area contributed by atoms with Crippen LogP contribution in [0.15, 0.2) is 65.8 Å². The van der Waals surface area contributed by atoms with Gasteiger partial charge in [0, 0.05) is 12.4 Å². The molecule has 0 saturated heterocycles. The van der Waals surface area contributed by atoms with Crippen molar-refractivity contribution in [1.82, 2.24) is 9.55 Å². The molecule has 0 fully saturated rings. The highest BCUT2D eigenvalue weighted by atomic mass is 16.5. The molecule has 1 aromatic heterocycles. The third-order valence-electron chi connectivity index (χ3n) is 4.13. The largest absolute Gasteiger partial charge is 0.463 e. The van der Waals surface area contributed by atoms with Crippen molar-refractivity contribution in [3.63, 3.8) is 0 Å². The topological polar surface area (TPSA) is 103 Å². The van der Waals surface area contributed by atoms with Crippen LogP contribution in [0.1, 0.15) is 25.3 Å². The fourth-order valence-electron chi connectivity index (χ4n) is 3.03. The van der Waals surface area contributed by atoms with Gasteiger partial charge in [0.2, 0.25) is 5.88 Å². The Hall–Kier alpha value is -3.53. The average molecular weight is 350 g/mol. The fraction of sp³-hybridized carbons (Fsp3) is 0.211. The molecule has 0 aliphatic carbocycles. The number of nitriles is 1. The maximum atomic E-state index is 12.6. The number of esters is 1. The van der Waals surface area contributed by atoms with E-state index in [4.69, 9.17) is 15.2 Å². The Balaban J connectivity index is 2.23. The SMILES string of the molecule is CCOC(=O)C1=C(C)OC(N)=C(C#N)C1c1ccccc1-n1ccnc1. The molecule has 7 heteroatoms. The van der Waals surface area contributed by atoms with Crippen LogP contribution in [0.3, 0.4) is 0 Å². The fourth-order valence-corrected chi connectivity index (χ4v) is 3.03. The maximum Gasteiger partial charge on any atom is 0.338 e. The number of benzene rings is 1. The van der Waals surface area contributed by atoms with Gasteiger partial charge in [0.1, 0.15) is 17.4 Å². The van der Waals surface area contributed by atoms with Gasteiger partial charge >= 0.3 is 5.97 Å². The van der Waals surface area contributed by atoms with Gasteiger partial charge < -0.3 is 19.8 Å². The maximum absolute atomic E-state index is 12.6. The van der Waals surface area contributed by atoms with E-state index < -0.39 is 11.9 Å².